The van der Waals surface area contributed by atoms with Crippen molar-refractivity contribution in [1.82, 2.24) is 9.97 Å². The number of hydrogen-bond acceptors (Lipinski definition) is 6. The number of nitrogens with zero attached hydrogens (tertiary/aromatic N) is 3. The standard InChI is InChI=1S/C17H19N3O2S/c1-12-16(11-18)17(20-13(2)19-12)23-10-4-9-22-15-7-5-14(21-3)6-8-15/h5-8H,4,9-10H2,1-3H3. The fourth-order valence-corrected chi connectivity index (χ4v) is 2.99. The molecule has 0 aliphatic heterocycles. The van der Waals surface area contributed by atoms with Gasteiger partial charge in [0, 0.05) is 5.75 Å². The molecular weight excluding hydrogens is 310 g/mol. The zero-order valence-corrected chi connectivity index (χ0v) is 14.3. The summed E-state index contributed by atoms with van der Waals surface area (Å²) in [7, 11) is 1.64. The minimum Gasteiger partial charge on any atom is -0.497 e. The molecule has 0 radical (unpaired) electrons. The van der Waals surface area contributed by atoms with Gasteiger partial charge in [-0.05, 0) is 44.5 Å². The highest BCUT2D eigenvalue weighted by atomic mass is 32.2. The van der Waals surface area contributed by atoms with Crippen molar-refractivity contribution in [2.45, 2.75) is 25.3 Å². The van der Waals surface area contributed by atoms with Crippen molar-refractivity contribution in [2.24, 2.45) is 0 Å². The third kappa shape index (κ3) is 4.86. The lowest BCUT2D eigenvalue weighted by Crippen LogP contribution is -2.01. The van der Waals surface area contributed by atoms with Gasteiger partial charge in [0.05, 0.1) is 19.4 Å². The van der Waals surface area contributed by atoms with Crippen molar-refractivity contribution in [1.29, 1.82) is 5.26 Å². The first-order valence-electron chi connectivity index (χ1n) is 7.29. The van der Waals surface area contributed by atoms with Crippen LogP contribution in [0.3, 0.4) is 0 Å². The first-order valence-corrected chi connectivity index (χ1v) is 8.27. The van der Waals surface area contributed by atoms with Crippen LogP contribution in [0.1, 0.15) is 23.5 Å². The Morgan fingerprint density at radius 2 is 1.83 bits per heavy atom. The molecule has 0 aliphatic carbocycles. The topological polar surface area (TPSA) is 68.0 Å². The van der Waals surface area contributed by atoms with Gasteiger partial charge in [0.15, 0.2) is 0 Å². The third-order valence-electron chi connectivity index (χ3n) is 3.14. The molecule has 2 aromatic rings. The minimum atomic E-state index is 0.566. The van der Waals surface area contributed by atoms with Crippen LogP contribution in [0.15, 0.2) is 29.3 Å². The second-order valence-electron chi connectivity index (χ2n) is 4.87. The van der Waals surface area contributed by atoms with E-state index < -0.39 is 0 Å². The van der Waals surface area contributed by atoms with Crippen molar-refractivity contribution in [3.63, 3.8) is 0 Å². The van der Waals surface area contributed by atoms with Crippen LogP contribution in [-0.4, -0.2) is 29.4 Å². The third-order valence-corrected chi connectivity index (χ3v) is 4.20. The first kappa shape index (κ1) is 17.1. The van der Waals surface area contributed by atoms with Crippen LogP contribution in [0.2, 0.25) is 0 Å². The van der Waals surface area contributed by atoms with E-state index in [2.05, 4.69) is 16.0 Å². The maximum absolute atomic E-state index is 9.21. The molecular formula is C17H19N3O2S. The minimum absolute atomic E-state index is 0.566. The number of hydrogen-bond donors (Lipinski definition) is 0. The van der Waals surface area contributed by atoms with Gasteiger partial charge in [-0.25, -0.2) is 9.97 Å². The summed E-state index contributed by atoms with van der Waals surface area (Å²) in [5, 5.41) is 9.96. The first-order chi connectivity index (χ1) is 11.1. The summed E-state index contributed by atoms with van der Waals surface area (Å²) in [4.78, 5) is 8.58. The van der Waals surface area contributed by atoms with Crippen molar-refractivity contribution in [2.75, 3.05) is 19.5 Å². The molecule has 1 heterocycles. The summed E-state index contributed by atoms with van der Waals surface area (Å²) >= 11 is 1.57. The molecule has 0 bridgehead atoms. The van der Waals surface area contributed by atoms with Crippen molar-refractivity contribution in [3.8, 4) is 17.6 Å². The largest absolute Gasteiger partial charge is 0.497 e. The summed E-state index contributed by atoms with van der Waals surface area (Å²) in [5.74, 6) is 3.16. The average Bonchev–Trinajstić information content (AvgIpc) is 2.54. The Labute approximate surface area is 140 Å². The molecule has 0 unspecified atom stereocenters. The van der Waals surface area contributed by atoms with E-state index in [-0.39, 0.29) is 0 Å². The number of thioether (sulfide) groups is 1. The molecule has 0 saturated carbocycles. The Hall–Kier alpha value is -2.26. The summed E-state index contributed by atoms with van der Waals surface area (Å²) in [6.07, 6.45) is 0.865. The monoisotopic (exact) mass is 329 g/mol. The quantitative estimate of drug-likeness (QED) is 0.440. The van der Waals surface area contributed by atoms with Crippen LogP contribution in [0.5, 0.6) is 11.5 Å². The lowest BCUT2D eigenvalue weighted by molar-refractivity contribution is 0.318. The predicted octanol–water partition coefficient (Wildman–Crippen LogP) is 3.53. The lowest BCUT2D eigenvalue weighted by Gasteiger charge is -2.08. The number of aryl methyl sites for hydroxylation is 2. The molecule has 0 aliphatic rings. The molecule has 1 aromatic heterocycles. The second-order valence-corrected chi connectivity index (χ2v) is 5.96. The van der Waals surface area contributed by atoms with E-state index in [4.69, 9.17) is 9.47 Å². The molecule has 0 fully saturated rings. The maximum atomic E-state index is 9.21. The van der Waals surface area contributed by atoms with Crippen molar-refractivity contribution in [3.05, 3.63) is 41.3 Å². The Balaban J connectivity index is 1.80. The number of aromatic nitrogens is 2. The van der Waals surface area contributed by atoms with E-state index in [0.717, 1.165) is 34.4 Å². The van der Waals surface area contributed by atoms with E-state index >= 15 is 0 Å². The fourth-order valence-electron chi connectivity index (χ4n) is 2.00. The Morgan fingerprint density at radius 3 is 2.48 bits per heavy atom. The van der Waals surface area contributed by atoms with Gasteiger partial charge in [-0.2, -0.15) is 5.26 Å². The van der Waals surface area contributed by atoms with E-state index in [0.29, 0.717) is 18.0 Å². The summed E-state index contributed by atoms with van der Waals surface area (Å²) in [6, 6.07) is 9.69. The molecule has 1 aromatic carbocycles. The highest BCUT2D eigenvalue weighted by Gasteiger charge is 2.10. The molecule has 0 N–H and O–H groups in total. The van der Waals surface area contributed by atoms with Crippen LogP contribution < -0.4 is 9.47 Å². The van der Waals surface area contributed by atoms with Crippen molar-refractivity contribution >= 4 is 11.8 Å². The Bertz CT molecular complexity index is 696. The van der Waals surface area contributed by atoms with E-state index in [1.54, 1.807) is 18.9 Å². The lowest BCUT2D eigenvalue weighted by atomic mass is 10.3. The van der Waals surface area contributed by atoms with Gasteiger partial charge in [0.2, 0.25) is 0 Å². The van der Waals surface area contributed by atoms with Gasteiger partial charge in [0.25, 0.3) is 0 Å². The zero-order chi connectivity index (χ0) is 16.7. The second kappa shape index (κ2) is 8.39. The van der Waals surface area contributed by atoms with Crippen LogP contribution in [0.4, 0.5) is 0 Å². The van der Waals surface area contributed by atoms with Gasteiger partial charge in [-0.3, -0.25) is 0 Å². The summed E-state index contributed by atoms with van der Waals surface area (Å²) in [6.45, 7) is 4.29. The molecule has 23 heavy (non-hydrogen) atoms. The summed E-state index contributed by atoms with van der Waals surface area (Å²) in [5.41, 5.74) is 1.30. The van der Waals surface area contributed by atoms with Gasteiger partial charge >= 0.3 is 0 Å². The SMILES string of the molecule is COc1ccc(OCCCSc2nc(C)nc(C)c2C#N)cc1. The maximum Gasteiger partial charge on any atom is 0.126 e. The Morgan fingerprint density at radius 1 is 1.13 bits per heavy atom. The molecule has 0 saturated heterocycles. The van der Waals surface area contributed by atoms with E-state index in [1.807, 2.05) is 38.1 Å². The van der Waals surface area contributed by atoms with Gasteiger partial charge in [0.1, 0.15) is 34.0 Å². The predicted molar refractivity (Wildman–Crippen MR) is 90.1 cm³/mol. The average molecular weight is 329 g/mol. The van der Waals surface area contributed by atoms with Crippen molar-refractivity contribution < 1.29 is 9.47 Å². The normalized spacial score (nSPS) is 10.2. The van der Waals surface area contributed by atoms with E-state index in [1.165, 1.54) is 0 Å². The molecule has 0 atom stereocenters. The number of nitriles is 1. The number of benzene rings is 1. The van der Waals surface area contributed by atoms with Crippen LogP contribution in [0.25, 0.3) is 0 Å². The van der Waals surface area contributed by atoms with Crippen LogP contribution >= 0.6 is 11.8 Å². The number of methoxy groups -OCH3 is 1. The smallest absolute Gasteiger partial charge is 0.126 e. The zero-order valence-electron chi connectivity index (χ0n) is 13.5. The Kier molecular flexibility index (Phi) is 6.24. The highest BCUT2D eigenvalue weighted by Crippen LogP contribution is 2.23. The van der Waals surface area contributed by atoms with Gasteiger partial charge in [-0.1, -0.05) is 0 Å². The fraction of sp³-hybridized carbons (Fsp3) is 0.353. The van der Waals surface area contributed by atoms with E-state index in [9.17, 15) is 5.26 Å². The molecule has 120 valence electrons. The molecule has 0 spiro atoms. The molecule has 0 amide bonds. The highest BCUT2D eigenvalue weighted by molar-refractivity contribution is 7.99. The van der Waals surface area contributed by atoms with Gasteiger partial charge in [-0.15, -0.1) is 11.8 Å². The molecule has 5 nitrogen and oxygen atoms in total. The van der Waals surface area contributed by atoms with Crippen LogP contribution in [0, 0.1) is 25.2 Å². The van der Waals surface area contributed by atoms with Gasteiger partial charge < -0.3 is 9.47 Å². The molecule has 2 rings (SSSR count). The molecule has 6 heteroatoms. The summed E-state index contributed by atoms with van der Waals surface area (Å²) < 4.78 is 10.8. The number of rotatable bonds is 7. The number of ether oxygens (including phenoxy) is 2. The van der Waals surface area contributed by atoms with Crippen LogP contribution in [-0.2, 0) is 0 Å².